The van der Waals surface area contributed by atoms with E-state index in [0.717, 1.165) is 25.7 Å². The molecule has 0 aromatic heterocycles. The molecule has 19 heavy (non-hydrogen) atoms. The second-order valence-electron chi connectivity index (χ2n) is 5.23. The monoisotopic (exact) mass is 266 g/mol. The van der Waals surface area contributed by atoms with E-state index in [0.29, 0.717) is 12.2 Å². The van der Waals surface area contributed by atoms with Crippen molar-refractivity contribution in [3.05, 3.63) is 30.1 Å². The molecule has 1 fully saturated rings. The van der Waals surface area contributed by atoms with Crippen molar-refractivity contribution in [2.24, 2.45) is 0 Å². The minimum atomic E-state index is -0.770. The molecule has 1 aliphatic carbocycles. The number of rotatable bonds is 3. The Labute approximate surface area is 112 Å². The molecule has 0 bridgehead atoms. The molecule has 2 N–H and O–H groups in total. The van der Waals surface area contributed by atoms with Crippen molar-refractivity contribution >= 4 is 11.7 Å². The zero-order chi connectivity index (χ0) is 13.9. The number of carbonyl (C=O) groups is 1. The van der Waals surface area contributed by atoms with Crippen LogP contribution in [0.3, 0.4) is 0 Å². The van der Waals surface area contributed by atoms with Crippen LogP contribution in [0.2, 0.25) is 0 Å². The summed E-state index contributed by atoms with van der Waals surface area (Å²) in [4.78, 5) is 13.4. The van der Waals surface area contributed by atoms with Gasteiger partial charge in [0.2, 0.25) is 0 Å². The molecule has 5 heteroatoms. The van der Waals surface area contributed by atoms with Crippen LogP contribution in [0, 0.1) is 5.82 Å². The van der Waals surface area contributed by atoms with Gasteiger partial charge < -0.3 is 15.3 Å². The summed E-state index contributed by atoms with van der Waals surface area (Å²) in [6.45, 7) is 0.300. The fourth-order valence-electron chi connectivity index (χ4n) is 2.49. The maximum atomic E-state index is 13.0. The highest BCUT2D eigenvalue weighted by molar-refractivity contribution is 5.89. The summed E-state index contributed by atoms with van der Waals surface area (Å²) in [5, 5.41) is 12.8. The van der Waals surface area contributed by atoms with E-state index in [9.17, 15) is 14.3 Å². The normalized spacial score (nSPS) is 17.2. The van der Waals surface area contributed by atoms with Gasteiger partial charge in [-0.05, 0) is 31.0 Å². The van der Waals surface area contributed by atoms with Crippen LogP contribution in [0.5, 0.6) is 0 Å². The van der Waals surface area contributed by atoms with Crippen molar-refractivity contribution in [1.82, 2.24) is 4.90 Å². The summed E-state index contributed by atoms with van der Waals surface area (Å²) >= 11 is 0. The maximum Gasteiger partial charge on any atom is 0.321 e. The lowest BCUT2D eigenvalue weighted by molar-refractivity contribution is 0.0261. The number of nitrogens with one attached hydrogen (secondary N) is 1. The molecule has 2 rings (SSSR count). The van der Waals surface area contributed by atoms with Gasteiger partial charge in [-0.2, -0.15) is 0 Å². The Morgan fingerprint density at radius 1 is 1.47 bits per heavy atom. The van der Waals surface area contributed by atoms with E-state index in [-0.39, 0.29) is 6.03 Å². The Bertz CT molecular complexity index is 459. The highest BCUT2D eigenvalue weighted by Crippen LogP contribution is 2.30. The summed E-state index contributed by atoms with van der Waals surface area (Å²) in [5.74, 6) is -0.394. The third kappa shape index (κ3) is 3.67. The molecular weight excluding hydrogens is 247 g/mol. The van der Waals surface area contributed by atoms with Crippen LogP contribution >= 0.6 is 0 Å². The number of hydrogen-bond acceptors (Lipinski definition) is 2. The average molecular weight is 266 g/mol. The van der Waals surface area contributed by atoms with E-state index in [1.807, 2.05) is 0 Å². The molecule has 1 aliphatic rings. The molecule has 4 nitrogen and oxygen atoms in total. The van der Waals surface area contributed by atoms with Gasteiger partial charge in [-0.1, -0.05) is 18.9 Å². The lowest BCUT2D eigenvalue weighted by Gasteiger charge is -2.28. The number of halogens is 1. The Balaban J connectivity index is 1.92. The van der Waals surface area contributed by atoms with E-state index in [1.165, 1.54) is 23.1 Å². The molecule has 0 aliphatic heterocycles. The molecule has 0 heterocycles. The Morgan fingerprint density at radius 2 is 2.16 bits per heavy atom. The first kappa shape index (κ1) is 13.8. The number of carbonyl (C=O) groups excluding carboxylic acids is 1. The smallest absolute Gasteiger partial charge is 0.321 e. The van der Waals surface area contributed by atoms with Gasteiger partial charge in [0.1, 0.15) is 5.82 Å². The zero-order valence-electron chi connectivity index (χ0n) is 11.0. The molecule has 0 saturated heterocycles. The van der Waals surface area contributed by atoms with Crippen molar-refractivity contribution in [1.29, 1.82) is 0 Å². The van der Waals surface area contributed by atoms with E-state index >= 15 is 0 Å². The first-order valence-corrected chi connectivity index (χ1v) is 6.49. The number of nitrogens with zero attached hydrogens (tertiary/aromatic N) is 1. The molecule has 2 amide bonds. The van der Waals surface area contributed by atoms with E-state index < -0.39 is 11.4 Å². The second-order valence-corrected chi connectivity index (χ2v) is 5.23. The molecule has 0 spiro atoms. The first-order valence-electron chi connectivity index (χ1n) is 6.49. The zero-order valence-corrected chi connectivity index (χ0v) is 11.0. The predicted octanol–water partition coefficient (Wildman–Crippen LogP) is 2.59. The van der Waals surface area contributed by atoms with Gasteiger partial charge in [-0.3, -0.25) is 0 Å². The summed E-state index contributed by atoms with van der Waals surface area (Å²) < 4.78 is 13.0. The molecule has 1 aromatic carbocycles. The Morgan fingerprint density at radius 3 is 2.79 bits per heavy atom. The topological polar surface area (TPSA) is 52.6 Å². The van der Waals surface area contributed by atoms with Crippen molar-refractivity contribution in [2.45, 2.75) is 31.3 Å². The van der Waals surface area contributed by atoms with Gasteiger partial charge >= 0.3 is 6.03 Å². The SMILES string of the molecule is CN(CC1(O)CCCC1)C(=O)Nc1cccc(F)c1. The minimum Gasteiger partial charge on any atom is -0.388 e. The molecule has 1 saturated carbocycles. The average Bonchev–Trinajstić information content (AvgIpc) is 2.75. The number of likely N-dealkylation sites (N-methyl/N-ethyl adjacent to an activating group) is 1. The second kappa shape index (κ2) is 5.57. The van der Waals surface area contributed by atoms with Gasteiger partial charge in [-0.15, -0.1) is 0 Å². The number of anilines is 1. The molecule has 1 aromatic rings. The predicted molar refractivity (Wildman–Crippen MR) is 71.5 cm³/mol. The van der Waals surface area contributed by atoms with Gasteiger partial charge in [0.25, 0.3) is 0 Å². The van der Waals surface area contributed by atoms with Crippen LogP contribution in [0.1, 0.15) is 25.7 Å². The van der Waals surface area contributed by atoms with Gasteiger partial charge in [-0.25, -0.2) is 9.18 Å². The fourth-order valence-corrected chi connectivity index (χ4v) is 2.49. The van der Waals surface area contributed by atoms with Crippen LogP contribution in [0.25, 0.3) is 0 Å². The summed E-state index contributed by atoms with van der Waals surface area (Å²) in [6.07, 6.45) is 3.45. The maximum absolute atomic E-state index is 13.0. The number of urea groups is 1. The molecule has 104 valence electrons. The van der Waals surface area contributed by atoms with Crippen molar-refractivity contribution in [3.63, 3.8) is 0 Å². The van der Waals surface area contributed by atoms with Crippen LogP contribution in [0.15, 0.2) is 24.3 Å². The first-order chi connectivity index (χ1) is 8.98. The molecular formula is C14H19FN2O2. The third-order valence-electron chi connectivity index (χ3n) is 3.49. The van der Waals surface area contributed by atoms with Crippen LogP contribution in [-0.2, 0) is 0 Å². The third-order valence-corrected chi connectivity index (χ3v) is 3.49. The lowest BCUT2D eigenvalue weighted by atomic mass is 10.0. The number of benzene rings is 1. The molecule has 0 radical (unpaired) electrons. The standard InChI is InChI=1S/C14H19FN2O2/c1-17(10-14(19)7-2-3-8-14)13(18)16-12-6-4-5-11(15)9-12/h4-6,9,19H,2-3,7-8,10H2,1H3,(H,16,18). The highest BCUT2D eigenvalue weighted by atomic mass is 19.1. The van der Waals surface area contributed by atoms with Crippen molar-refractivity contribution in [3.8, 4) is 0 Å². The van der Waals surface area contributed by atoms with E-state index in [4.69, 9.17) is 0 Å². The van der Waals surface area contributed by atoms with Gasteiger partial charge in [0.05, 0.1) is 12.1 Å². The largest absolute Gasteiger partial charge is 0.388 e. The van der Waals surface area contributed by atoms with E-state index in [2.05, 4.69) is 5.32 Å². The Hall–Kier alpha value is -1.62. The number of aliphatic hydroxyl groups is 1. The Kier molecular flexibility index (Phi) is 4.04. The minimum absolute atomic E-state index is 0.300. The summed E-state index contributed by atoms with van der Waals surface area (Å²) in [6, 6.07) is 5.40. The van der Waals surface area contributed by atoms with Gasteiger partial charge in [0.15, 0.2) is 0 Å². The molecule has 0 unspecified atom stereocenters. The fraction of sp³-hybridized carbons (Fsp3) is 0.500. The summed E-state index contributed by atoms with van der Waals surface area (Å²) in [5.41, 5.74) is -0.358. The van der Waals surface area contributed by atoms with Crippen LogP contribution in [-0.4, -0.2) is 35.2 Å². The van der Waals surface area contributed by atoms with E-state index in [1.54, 1.807) is 13.1 Å². The van der Waals surface area contributed by atoms with Crippen molar-refractivity contribution in [2.75, 3.05) is 18.9 Å². The highest BCUT2D eigenvalue weighted by Gasteiger charge is 2.33. The molecule has 0 atom stereocenters. The van der Waals surface area contributed by atoms with Crippen molar-refractivity contribution < 1.29 is 14.3 Å². The quantitative estimate of drug-likeness (QED) is 0.883. The lowest BCUT2D eigenvalue weighted by Crippen LogP contribution is -2.43. The van der Waals surface area contributed by atoms with Gasteiger partial charge in [0, 0.05) is 12.7 Å². The van der Waals surface area contributed by atoms with Crippen LogP contribution < -0.4 is 5.32 Å². The van der Waals surface area contributed by atoms with Crippen LogP contribution in [0.4, 0.5) is 14.9 Å². The number of hydrogen-bond donors (Lipinski definition) is 2. The number of amides is 2. The summed E-state index contributed by atoms with van der Waals surface area (Å²) in [7, 11) is 1.63.